The molecular weight excluding hydrogens is 284 g/mol. The van der Waals surface area contributed by atoms with Crippen LogP contribution in [0.25, 0.3) is 11.5 Å². The third-order valence-electron chi connectivity index (χ3n) is 2.67. The van der Waals surface area contributed by atoms with Gasteiger partial charge in [0, 0.05) is 10.7 Å². The van der Waals surface area contributed by atoms with Crippen LogP contribution in [0.1, 0.15) is 18.2 Å². The van der Waals surface area contributed by atoms with Crippen molar-refractivity contribution in [3.8, 4) is 17.6 Å². The van der Waals surface area contributed by atoms with Crippen LogP contribution in [-0.2, 0) is 0 Å². The summed E-state index contributed by atoms with van der Waals surface area (Å²) in [5, 5.41) is 12.6. The van der Waals surface area contributed by atoms with Crippen LogP contribution in [-0.4, -0.2) is 15.1 Å². The Morgan fingerprint density at radius 2 is 2.35 bits per heavy atom. The fraction of sp³-hybridized carbons (Fsp3) is 0.273. The molecule has 0 N–H and O–H groups in total. The van der Waals surface area contributed by atoms with Crippen LogP contribution in [0, 0.1) is 17.2 Å². The lowest BCUT2D eigenvalue weighted by Gasteiger charge is -1.92. The van der Waals surface area contributed by atoms with E-state index >= 15 is 0 Å². The zero-order chi connectivity index (χ0) is 11.8. The molecule has 0 amide bonds. The largest absolute Gasteiger partial charge is 0.339 e. The number of nitrogens with zero attached hydrogens (tertiary/aromatic N) is 4. The van der Waals surface area contributed by atoms with E-state index in [0.717, 1.165) is 10.9 Å². The van der Waals surface area contributed by atoms with Crippen LogP contribution >= 0.6 is 15.9 Å². The Labute approximate surface area is 106 Å². The van der Waals surface area contributed by atoms with Crippen molar-refractivity contribution in [2.24, 2.45) is 5.92 Å². The van der Waals surface area contributed by atoms with Crippen LogP contribution < -0.4 is 0 Å². The standard InChI is InChI=1S/C11H7BrN4O/c12-7-1-2-9(14-5-7)10-15-11(17-16-10)8-3-6(8)4-13/h1-2,5-6,8H,3H2. The van der Waals surface area contributed by atoms with Crippen molar-refractivity contribution >= 4 is 15.9 Å². The first-order valence-electron chi connectivity index (χ1n) is 5.13. The molecule has 2 aromatic heterocycles. The van der Waals surface area contributed by atoms with E-state index in [1.165, 1.54) is 0 Å². The van der Waals surface area contributed by atoms with Gasteiger partial charge in [0.2, 0.25) is 11.7 Å². The molecule has 0 spiro atoms. The van der Waals surface area contributed by atoms with Crippen LogP contribution in [0.5, 0.6) is 0 Å². The summed E-state index contributed by atoms with van der Waals surface area (Å²) in [5.74, 6) is 1.14. The molecule has 1 saturated carbocycles. The minimum Gasteiger partial charge on any atom is -0.339 e. The molecule has 6 heteroatoms. The Balaban J connectivity index is 1.86. The lowest BCUT2D eigenvalue weighted by Crippen LogP contribution is -1.86. The van der Waals surface area contributed by atoms with Crippen LogP contribution in [0.3, 0.4) is 0 Å². The SMILES string of the molecule is N#CC1CC1c1nc(-c2ccc(Br)cn2)no1. The predicted molar refractivity (Wildman–Crippen MR) is 61.7 cm³/mol. The van der Waals surface area contributed by atoms with E-state index in [1.54, 1.807) is 6.20 Å². The number of nitriles is 1. The highest BCUT2D eigenvalue weighted by Crippen LogP contribution is 2.46. The number of halogens is 1. The number of rotatable bonds is 2. The molecule has 3 rings (SSSR count). The molecule has 0 radical (unpaired) electrons. The summed E-state index contributed by atoms with van der Waals surface area (Å²) in [5.41, 5.74) is 0.664. The van der Waals surface area contributed by atoms with Gasteiger partial charge >= 0.3 is 0 Å². The molecule has 1 aliphatic carbocycles. The third-order valence-corrected chi connectivity index (χ3v) is 3.14. The minimum absolute atomic E-state index is 0.0289. The van der Waals surface area contributed by atoms with Crippen LogP contribution in [0.15, 0.2) is 27.3 Å². The van der Waals surface area contributed by atoms with Gasteiger partial charge < -0.3 is 4.52 Å². The molecule has 2 atom stereocenters. The van der Waals surface area contributed by atoms with Crippen molar-refractivity contribution in [1.82, 2.24) is 15.1 Å². The Kier molecular flexibility index (Phi) is 2.41. The van der Waals surface area contributed by atoms with Crippen molar-refractivity contribution in [2.75, 3.05) is 0 Å². The van der Waals surface area contributed by atoms with Gasteiger partial charge in [0.1, 0.15) is 5.69 Å². The lowest BCUT2D eigenvalue weighted by molar-refractivity contribution is 0.378. The highest BCUT2D eigenvalue weighted by Gasteiger charge is 2.43. The summed E-state index contributed by atoms with van der Waals surface area (Å²) in [6, 6.07) is 5.88. The zero-order valence-electron chi connectivity index (χ0n) is 8.67. The van der Waals surface area contributed by atoms with Gasteiger partial charge in [-0.05, 0) is 34.5 Å². The van der Waals surface area contributed by atoms with Gasteiger partial charge in [-0.15, -0.1) is 0 Å². The Morgan fingerprint density at radius 3 is 3.00 bits per heavy atom. The monoisotopic (exact) mass is 290 g/mol. The topological polar surface area (TPSA) is 75.6 Å². The van der Waals surface area contributed by atoms with E-state index in [1.807, 2.05) is 12.1 Å². The summed E-state index contributed by atoms with van der Waals surface area (Å²) in [7, 11) is 0. The van der Waals surface area contributed by atoms with Gasteiger partial charge in [-0.2, -0.15) is 10.2 Å². The first kappa shape index (κ1) is 10.4. The van der Waals surface area contributed by atoms with Gasteiger partial charge in [-0.3, -0.25) is 4.98 Å². The maximum Gasteiger partial charge on any atom is 0.231 e. The van der Waals surface area contributed by atoms with Crippen molar-refractivity contribution in [3.05, 3.63) is 28.7 Å². The van der Waals surface area contributed by atoms with E-state index in [2.05, 4.69) is 37.1 Å². The molecule has 0 bridgehead atoms. The van der Waals surface area contributed by atoms with Crippen molar-refractivity contribution < 1.29 is 4.52 Å². The van der Waals surface area contributed by atoms with Crippen molar-refractivity contribution in [2.45, 2.75) is 12.3 Å². The molecule has 1 aliphatic rings. The lowest BCUT2D eigenvalue weighted by atomic mass is 10.3. The molecule has 5 nitrogen and oxygen atoms in total. The van der Waals surface area contributed by atoms with Gasteiger partial charge in [0.15, 0.2) is 0 Å². The number of aromatic nitrogens is 3. The highest BCUT2D eigenvalue weighted by atomic mass is 79.9. The minimum atomic E-state index is 0.0289. The second kappa shape index (κ2) is 3.93. The van der Waals surface area contributed by atoms with Gasteiger partial charge in [0.05, 0.1) is 17.9 Å². The maximum absolute atomic E-state index is 8.73. The average Bonchev–Trinajstić information content (AvgIpc) is 2.99. The Bertz CT molecular complexity index is 586. The first-order chi connectivity index (χ1) is 8.28. The zero-order valence-corrected chi connectivity index (χ0v) is 10.3. The molecule has 2 heterocycles. The fourth-order valence-corrected chi connectivity index (χ4v) is 1.84. The summed E-state index contributed by atoms with van der Waals surface area (Å²) < 4.78 is 6.04. The second-order valence-electron chi connectivity index (χ2n) is 3.90. The average molecular weight is 291 g/mol. The summed E-state index contributed by atoms with van der Waals surface area (Å²) in [4.78, 5) is 8.45. The number of hydrogen-bond donors (Lipinski definition) is 0. The molecule has 17 heavy (non-hydrogen) atoms. The van der Waals surface area contributed by atoms with Crippen LogP contribution in [0.4, 0.5) is 0 Å². The third kappa shape index (κ3) is 1.94. The molecule has 0 aromatic carbocycles. The van der Waals surface area contributed by atoms with Gasteiger partial charge in [-0.1, -0.05) is 5.16 Å². The smallest absolute Gasteiger partial charge is 0.231 e. The second-order valence-corrected chi connectivity index (χ2v) is 4.81. The van der Waals surface area contributed by atoms with E-state index in [4.69, 9.17) is 9.78 Å². The maximum atomic E-state index is 8.73. The van der Waals surface area contributed by atoms with E-state index < -0.39 is 0 Å². The van der Waals surface area contributed by atoms with Crippen molar-refractivity contribution in [1.29, 1.82) is 5.26 Å². The summed E-state index contributed by atoms with van der Waals surface area (Å²) in [6.45, 7) is 0. The molecule has 84 valence electrons. The first-order valence-corrected chi connectivity index (χ1v) is 5.92. The number of pyridine rings is 1. The Morgan fingerprint density at radius 1 is 1.47 bits per heavy atom. The summed E-state index contributed by atoms with van der Waals surface area (Å²) in [6.07, 6.45) is 2.49. The van der Waals surface area contributed by atoms with Crippen molar-refractivity contribution in [3.63, 3.8) is 0 Å². The molecule has 2 aromatic rings. The van der Waals surface area contributed by atoms with E-state index in [-0.39, 0.29) is 11.8 Å². The van der Waals surface area contributed by atoms with Gasteiger partial charge in [0.25, 0.3) is 0 Å². The fourth-order valence-electron chi connectivity index (χ4n) is 1.61. The molecule has 0 saturated heterocycles. The summed E-state index contributed by atoms with van der Waals surface area (Å²) >= 11 is 3.31. The van der Waals surface area contributed by atoms with Gasteiger partial charge in [-0.25, -0.2) is 0 Å². The van der Waals surface area contributed by atoms with E-state index in [0.29, 0.717) is 17.4 Å². The Hall–Kier alpha value is -1.74. The normalized spacial score (nSPS) is 22.1. The van der Waals surface area contributed by atoms with Crippen LogP contribution in [0.2, 0.25) is 0 Å². The highest BCUT2D eigenvalue weighted by molar-refractivity contribution is 9.10. The molecule has 2 unspecified atom stereocenters. The number of hydrogen-bond acceptors (Lipinski definition) is 5. The quantitative estimate of drug-likeness (QED) is 0.849. The molecule has 1 fully saturated rings. The predicted octanol–water partition coefficient (Wildman–Crippen LogP) is 2.52. The van der Waals surface area contributed by atoms with E-state index in [9.17, 15) is 0 Å². The molecule has 0 aliphatic heterocycles. The molecular formula is C11H7BrN4O.